The number of hydrazine groups is 1. The first kappa shape index (κ1) is 12.7. The number of benzene rings is 1. The molecule has 0 aliphatic rings. The molecule has 1 rings (SSSR count). The number of rotatable bonds is 3. The summed E-state index contributed by atoms with van der Waals surface area (Å²) in [6.07, 6.45) is 2.76. The van der Waals surface area contributed by atoms with Crippen molar-refractivity contribution in [3.05, 3.63) is 34.3 Å². The lowest BCUT2D eigenvalue weighted by Gasteiger charge is -2.07. The number of hydrogen-bond acceptors (Lipinski definition) is 5. The Morgan fingerprint density at radius 1 is 1.24 bits per heavy atom. The van der Waals surface area contributed by atoms with Gasteiger partial charge in [0, 0.05) is 10.0 Å². The number of carbonyl (C=O) groups is 2. The molecule has 7 heteroatoms. The molecule has 0 aliphatic carbocycles. The molecule has 6 nitrogen and oxygen atoms in total. The molecule has 0 spiro atoms. The number of amides is 1. The van der Waals surface area contributed by atoms with Crippen molar-refractivity contribution >= 4 is 27.6 Å². The van der Waals surface area contributed by atoms with E-state index in [0.717, 1.165) is 0 Å². The molecule has 1 aromatic carbocycles. The number of nitrogens with zero attached hydrogens (tertiary/aromatic N) is 3. The maximum absolute atomic E-state index is 11.6. The molecule has 0 atom stereocenters. The molecule has 1 N–H and O–H groups in total. The van der Waals surface area contributed by atoms with Gasteiger partial charge in [-0.2, -0.15) is 10.5 Å². The largest absolute Gasteiger partial charge is 0.312 e. The number of halogens is 1. The molecule has 0 aromatic heterocycles. The van der Waals surface area contributed by atoms with Gasteiger partial charge in [0.15, 0.2) is 0 Å². The monoisotopic (exact) mass is 292 g/mol. The van der Waals surface area contributed by atoms with Gasteiger partial charge in [-0.15, -0.1) is 5.01 Å². The van der Waals surface area contributed by atoms with Crippen LogP contribution in [-0.4, -0.2) is 16.7 Å². The van der Waals surface area contributed by atoms with Crippen LogP contribution in [0.15, 0.2) is 28.7 Å². The fraction of sp³-hybridized carbons (Fsp3) is 0. The van der Waals surface area contributed by atoms with Gasteiger partial charge in [-0.1, -0.05) is 28.1 Å². The number of ketones is 1. The van der Waals surface area contributed by atoms with Crippen molar-refractivity contribution in [3.8, 4) is 12.4 Å². The minimum Gasteiger partial charge on any atom is -0.283 e. The third kappa shape index (κ3) is 3.03. The van der Waals surface area contributed by atoms with Gasteiger partial charge >= 0.3 is 5.91 Å². The summed E-state index contributed by atoms with van der Waals surface area (Å²) < 4.78 is 0.459. The maximum Gasteiger partial charge on any atom is 0.312 e. The van der Waals surface area contributed by atoms with E-state index >= 15 is 0 Å². The zero-order chi connectivity index (χ0) is 12.8. The quantitative estimate of drug-likeness (QED) is 0.294. The summed E-state index contributed by atoms with van der Waals surface area (Å²) in [6, 6.07) is 6.34. The predicted octanol–water partition coefficient (Wildman–Crippen LogP) is 0.927. The van der Waals surface area contributed by atoms with Crippen LogP contribution in [-0.2, 0) is 4.79 Å². The highest BCUT2D eigenvalue weighted by Gasteiger charge is 2.20. The van der Waals surface area contributed by atoms with Crippen LogP contribution >= 0.6 is 15.9 Å². The number of carbonyl (C=O) groups excluding carboxylic acids is 2. The Bertz CT molecular complexity index is 530. The van der Waals surface area contributed by atoms with Crippen LogP contribution in [0.1, 0.15) is 10.4 Å². The highest BCUT2D eigenvalue weighted by Crippen LogP contribution is 2.16. The Morgan fingerprint density at radius 2 is 1.82 bits per heavy atom. The lowest BCUT2D eigenvalue weighted by Crippen LogP contribution is -2.40. The zero-order valence-corrected chi connectivity index (χ0v) is 9.93. The van der Waals surface area contributed by atoms with Crippen molar-refractivity contribution in [1.82, 2.24) is 10.4 Å². The van der Waals surface area contributed by atoms with Gasteiger partial charge in [0.1, 0.15) is 0 Å². The van der Waals surface area contributed by atoms with Crippen LogP contribution in [0.3, 0.4) is 0 Å². The van der Waals surface area contributed by atoms with Crippen LogP contribution in [0.4, 0.5) is 0 Å². The Morgan fingerprint density at radius 3 is 2.35 bits per heavy atom. The predicted molar refractivity (Wildman–Crippen MR) is 59.7 cm³/mol. The van der Waals surface area contributed by atoms with Crippen molar-refractivity contribution in [1.29, 1.82) is 10.5 Å². The number of Topliss-reactive ketones (excluding diaryl/α,β-unsaturated/α-hetero) is 1. The van der Waals surface area contributed by atoms with E-state index in [2.05, 4.69) is 15.9 Å². The average Bonchev–Trinajstić information content (AvgIpc) is 2.35. The third-order valence-corrected chi connectivity index (χ3v) is 2.43. The van der Waals surface area contributed by atoms with E-state index in [0.29, 0.717) is 4.47 Å². The second-order valence-electron chi connectivity index (χ2n) is 2.79. The molecular weight excluding hydrogens is 288 g/mol. The Labute approximate surface area is 105 Å². The molecule has 0 aliphatic heterocycles. The molecule has 0 saturated heterocycles. The summed E-state index contributed by atoms with van der Waals surface area (Å²) in [5.41, 5.74) is 2.00. The van der Waals surface area contributed by atoms with Crippen molar-refractivity contribution in [3.63, 3.8) is 0 Å². The molecule has 1 amide bonds. The molecule has 0 unspecified atom stereocenters. The van der Waals surface area contributed by atoms with Crippen molar-refractivity contribution < 1.29 is 9.59 Å². The maximum atomic E-state index is 11.6. The van der Waals surface area contributed by atoms with Crippen LogP contribution in [0.2, 0.25) is 0 Å². The highest BCUT2D eigenvalue weighted by atomic mass is 79.9. The molecule has 0 heterocycles. The molecule has 0 bridgehead atoms. The van der Waals surface area contributed by atoms with Gasteiger partial charge < -0.3 is 0 Å². The van der Waals surface area contributed by atoms with Crippen LogP contribution in [0.25, 0.3) is 0 Å². The smallest absolute Gasteiger partial charge is 0.283 e. The second-order valence-corrected chi connectivity index (χ2v) is 3.64. The summed E-state index contributed by atoms with van der Waals surface area (Å²) in [7, 11) is 0. The van der Waals surface area contributed by atoms with E-state index < -0.39 is 11.7 Å². The standard InChI is InChI=1S/C10H5BrN4O2/c11-8-4-2-1-3-7(8)9(16)10(17)14-15(5-12)6-13/h1-4H,(H,14,17). The van der Waals surface area contributed by atoms with Crippen molar-refractivity contribution in [2.24, 2.45) is 0 Å². The van der Waals surface area contributed by atoms with Gasteiger partial charge in [0.05, 0.1) is 0 Å². The number of hydrogen-bond donors (Lipinski definition) is 1. The van der Waals surface area contributed by atoms with E-state index in [4.69, 9.17) is 10.5 Å². The Hall–Kier alpha value is -2.38. The van der Waals surface area contributed by atoms with E-state index in [1.54, 1.807) is 18.2 Å². The van der Waals surface area contributed by atoms with Gasteiger partial charge in [-0.3, -0.25) is 9.59 Å². The molecule has 1 aromatic rings. The first-order valence-electron chi connectivity index (χ1n) is 4.29. The lowest BCUT2D eigenvalue weighted by atomic mass is 10.1. The third-order valence-electron chi connectivity index (χ3n) is 1.74. The van der Waals surface area contributed by atoms with Gasteiger partial charge in [0.25, 0.3) is 5.78 Å². The summed E-state index contributed by atoms with van der Waals surface area (Å²) in [6.45, 7) is 0. The first-order chi connectivity index (χ1) is 8.10. The summed E-state index contributed by atoms with van der Waals surface area (Å²) >= 11 is 3.12. The second kappa shape index (κ2) is 5.64. The first-order valence-corrected chi connectivity index (χ1v) is 5.09. The van der Waals surface area contributed by atoms with E-state index in [1.165, 1.54) is 18.5 Å². The SMILES string of the molecule is N#CN(C#N)NC(=O)C(=O)c1ccccc1Br. The average molecular weight is 293 g/mol. The van der Waals surface area contributed by atoms with Crippen LogP contribution in [0, 0.1) is 22.9 Å². The van der Waals surface area contributed by atoms with Crippen molar-refractivity contribution in [2.75, 3.05) is 0 Å². The molecule has 17 heavy (non-hydrogen) atoms. The summed E-state index contributed by atoms with van der Waals surface area (Å²) in [5.74, 6) is -1.90. The Balaban J connectivity index is 2.86. The van der Waals surface area contributed by atoms with E-state index in [1.807, 2.05) is 5.43 Å². The summed E-state index contributed by atoms with van der Waals surface area (Å²) in [5, 5.41) is 17.1. The molecular formula is C10H5BrN4O2. The molecule has 0 saturated carbocycles. The molecule has 0 fully saturated rings. The number of nitrogens with one attached hydrogen (secondary N) is 1. The lowest BCUT2D eigenvalue weighted by molar-refractivity contribution is -0.119. The minimum atomic E-state index is -1.06. The number of nitriles is 2. The van der Waals surface area contributed by atoms with Gasteiger partial charge in [-0.25, -0.2) is 5.43 Å². The van der Waals surface area contributed by atoms with Crippen LogP contribution < -0.4 is 5.43 Å². The van der Waals surface area contributed by atoms with Crippen molar-refractivity contribution in [2.45, 2.75) is 0 Å². The van der Waals surface area contributed by atoms with E-state index in [9.17, 15) is 9.59 Å². The van der Waals surface area contributed by atoms with Gasteiger partial charge in [0.2, 0.25) is 12.4 Å². The normalized spacial score (nSPS) is 8.65. The summed E-state index contributed by atoms with van der Waals surface area (Å²) in [4.78, 5) is 23.0. The highest BCUT2D eigenvalue weighted by molar-refractivity contribution is 9.10. The topological polar surface area (TPSA) is 97.0 Å². The van der Waals surface area contributed by atoms with Crippen LogP contribution in [0.5, 0.6) is 0 Å². The van der Waals surface area contributed by atoms with Gasteiger partial charge in [-0.05, 0) is 12.1 Å². The zero-order valence-electron chi connectivity index (χ0n) is 8.35. The fourth-order valence-electron chi connectivity index (χ4n) is 0.992. The minimum absolute atomic E-state index is 0.154. The van der Waals surface area contributed by atoms with E-state index in [-0.39, 0.29) is 10.6 Å². The Kier molecular flexibility index (Phi) is 4.21. The fourth-order valence-corrected chi connectivity index (χ4v) is 1.46. The molecule has 84 valence electrons. The molecule has 0 radical (unpaired) electrons.